The van der Waals surface area contributed by atoms with E-state index in [0.29, 0.717) is 12.3 Å². The smallest absolute Gasteiger partial charge is 0.233 e. The zero-order chi connectivity index (χ0) is 12.8. The Kier molecular flexibility index (Phi) is 5.35. The van der Waals surface area contributed by atoms with E-state index in [9.17, 15) is 4.79 Å². The average molecular weight is 252 g/mol. The van der Waals surface area contributed by atoms with Crippen molar-refractivity contribution in [2.75, 3.05) is 17.7 Å². The van der Waals surface area contributed by atoms with E-state index in [0.717, 1.165) is 11.3 Å². The van der Waals surface area contributed by atoms with Crippen LogP contribution < -0.4 is 5.73 Å². The van der Waals surface area contributed by atoms with E-state index in [1.807, 2.05) is 49.3 Å². The highest BCUT2D eigenvalue weighted by Gasteiger charge is 2.16. The predicted molar refractivity (Wildman–Crippen MR) is 74.9 cm³/mol. The molecular weight excluding hydrogens is 232 g/mol. The summed E-state index contributed by atoms with van der Waals surface area (Å²) in [5.41, 5.74) is 7.55. The predicted octanol–water partition coefficient (Wildman–Crippen LogP) is 2.37. The third kappa shape index (κ3) is 4.30. The number of benzene rings is 1. The third-order valence-corrected chi connectivity index (χ3v) is 3.05. The van der Waals surface area contributed by atoms with E-state index in [4.69, 9.17) is 5.73 Å². The van der Waals surface area contributed by atoms with Gasteiger partial charge in [0.05, 0.1) is 5.75 Å². The van der Waals surface area contributed by atoms with Crippen molar-refractivity contribution in [3.63, 3.8) is 0 Å². The fourth-order valence-corrected chi connectivity index (χ4v) is 2.07. The molecule has 2 N–H and O–H groups in total. The number of carbonyl (C=O) groups excluding carboxylic acids is 1. The molecule has 1 rings (SSSR count). The maximum Gasteiger partial charge on any atom is 0.233 e. The van der Waals surface area contributed by atoms with Crippen LogP contribution in [0.5, 0.6) is 0 Å². The number of nitrogens with two attached hydrogens (primary N) is 1. The summed E-state index contributed by atoms with van der Waals surface area (Å²) in [6.07, 6.45) is 1.94. The Balaban J connectivity index is 2.76. The molecule has 4 heteroatoms. The maximum absolute atomic E-state index is 11.9. The molecule has 0 unspecified atom stereocenters. The number of nitrogen functional groups attached to an aromatic ring is 1. The van der Waals surface area contributed by atoms with Gasteiger partial charge in [-0.1, -0.05) is 12.1 Å². The minimum Gasteiger partial charge on any atom is -0.399 e. The molecule has 0 saturated heterocycles. The first-order valence-electron chi connectivity index (χ1n) is 5.67. The van der Waals surface area contributed by atoms with Gasteiger partial charge in [-0.3, -0.25) is 4.79 Å². The van der Waals surface area contributed by atoms with Crippen LogP contribution in [0.2, 0.25) is 0 Å². The van der Waals surface area contributed by atoms with Gasteiger partial charge in [-0.05, 0) is 37.8 Å². The van der Waals surface area contributed by atoms with Crippen molar-refractivity contribution in [3.05, 3.63) is 29.8 Å². The Morgan fingerprint density at radius 1 is 1.47 bits per heavy atom. The van der Waals surface area contributed by atoms with Crippen molar-refractivity contribution < 1.29 is 4.79 Å². The molecule has 0 aliphatic heterocycles. The molecule has 17 heavy (non-hydrogen) atoms. The van der Waals surface area contributed by atoms with Gasteiger partial charge in [0, 0.05) is 18.3 Å². The number of carbonyl (C=O) groups is 1. The Hall–Kier alpha value is -1.16. The van der Waals surface area contributed by atoms with Crippen molar-refractivity contribution in [3.8, 4) is 0 Å². The number of hydrogen-bond donors (Lipinski definition) is 1. The van der Waals surface area contributed by atoms with Gasteiger partial charge in [0.15, 0.2) is 0 Å². The summed E-state index contributed by atoms with van der Waals surface area (Å²) >= 11 is 1.55. The maximum atomic E-state index is 11.9. The number of rotatable bonds is 5. The molecule has 1 amide bonds. The van der Waals surface area contributed by atoms with Crippen LogP contribution in [0.1, 0.15) is 19.4 Å². The van der Waals surface area contributed by atoms with E-state index >= 15 is 0 Å². The van der Waals surface area contributed by atoms with Gasteiger partial charge in [-0.2, -0.15) is 11.8 Å². The molecule has 1 aromatic rings. The molecule has 0 spiro atoms. The fourth-order valence-electron chi connectivity index (χ4n) is 1.65. The number of hydrogen-bond acceptors (Lipinski definition) is 3. The molecule has 0 radical (unpaired) electrons. The molecule has 0 aliphatic rings. The van der Waals surface area contributed by atoms with Crippen LogP contribution in [-0.4, -0.2) is 28.9 Å². The van der Waals surface area contributed by atoms with E-state index in [-0.39, 0.29) is 11.9 Å². The molecule has 94 valence electrons. The van der Waals surface area contributed by atoms with Gasteiger partial charge in [0.1, 0.15) is 0 Å². The second-order valence-electron chi connectivity index (χ2n) is 4.29. The van der Waals surface area contributed by atoms with Crippen LogP contribution in [-0.2, 0) is 11.3 Å². The number of amides is 1. The van der Waals surface area contributed by atoms with Crippen molar-refractivity contribution in [2.24, 2.45) is 0 Å². The molecule has 3 nitrogen and oxygen atoms in total. The van der Waals surface area contributed by atoms with Crippen molar-refractivity contribution in [1.29, 1.82) is 0 Å². The molecule has 0 bridgehead atoms. The summed E-state index contributed by atoms with van der Waals surface area (Å²) in [4.78, 5) is 13.8. The Morgan fingerprint density at radius 3 is 2.71 bits per heavy atom. The Bertz CT molecular complexity index is 379. The van der Waals surface area contributed by atoms with Gasteiger partial charge in [-0.25, -0.2) is 0 Å². The minimum absolute atomic E-state index is 0.176. The minimum atomic E-state index is 0.176. The Morgan fingerprint density at radius 2 is 2.18 bits per heavy atom. The van der Waals surface area contributed by atoms with Gasteiger partial charge < -0.3 is 10.6 Å². The lowest BCUT2D eigenvalue weighted by molar-refractivity contribution is -0.130. The van der Waals surface area contributed by atoms with E-state index in [2.05, 4.69) is 0 Å². The van der Waals surface area contributed by atoms with Crippen molar-refractivity contribution in [2.45, 2.75) is 26.4 Å². The van der Waals surface area contributed by atoms with Crippen molar-refractivity contribution in [1.82, 2.24) is 4.90 Å². The summed E-state index contributed by atoms with van der Waals surface area (Å²) in [5, 5.41) is 0. The molecule has 0 saturated carbocycles. The monoisotopic (exact) mass is 252 g/mol. The van der Waals surface area contributed by atoms with E-state index < -0.39 is 0 Å². The molecule has 0 atom stereocenters. The summed E-state index contributed by atoms with van der Waals surface area (Å²) < 4.78 is 0. The first-order valence-corrected chi connectivity index (χ1v) is 7.06. The molecule has 0 heterocycles. The standard InChI is InChI=1S/C13H20N2OS/c1-10(2)15(13(16)9-17-3)8-11-5-4-6-12(14)7-11/h4-7,10H,8-9,14H2,1-3H3. The van der Waals surface area contributed by atoms with Crippen molar-refractivity contribution >= 4 is 23.4 Å². The summed E-state index contributed by atoms with van der Waals surface area (Å²) in [7, 11) is 0. The lowest BCUT2D eigenvalue weighted by Gasteiger charge is -2.26. The second kappa shape index (κ2) is 6.55. The zero-order valence-electron chi connectivity index (χ0n) is 10.6. The normalized spacial score (nSPS) is 10.6. The lowest BCUT2D eigenvalue weighted by Crippen LogP contribution is -2.37. The number of anilines is 1. The van der Waals surface area contributed by atoms with Crippen LogP contribution in [0.25, 0.3) is 0 Å². The zero-order valence-corrected chi connectivity index (χ0v) is 11.5. The van der Waals surface area contributed by atoms with E-state index in [1.54, 1.807) is 11.8 Å². The van der Waals surface area contributed by atoms with Gasteiger partial charge >= 0.3 is 0 Å². The van der Waals surface area contributed by atoms with Gasteiger partial charge in [-0.15, -0.1) is 0 Å². The largest absolute Gasteiger partial charge is 0.399 e. The van der Waals surface area contributed by atoms with Gasteiger partial charge in [0.25, 0.3) is 0 Å². The lowest BCUT2D eigenvalue weighted by atomic mass is 10.1. The molecule has 0 fully saturated rings. The first kappa shape index (κ1) is 13.9. The molecule has 0 aliphatic carbocycles. The fraction of sp³-hybridized carbons (Fsp3) is 0.462. The summed E-state index contributed by atoms with van der Waals surface area (Å²) in [5.74, 6) is 0.704. The first-order chi connectivity index (χ1) is 8.04. The molecular formula is C13H20N2OS. The van der Waals surface area contributed by atoms with Gasteiger partial charge in [0.2, 0.25) is 5.91 Å². The molecule has 0 aromatic heterocycles. The quantitative estimate of drug-likeness (QED) is 0.818. The molecule has 1 aromatic carbocycles. The highest BCUT2D eigenvalue weighted by Crippen LogP contribution is 2.13. The number of nitrogens with zero attached hydrogens (tertiary/aromatic N) is 1. The number of thioether (sulfide) groups is 1. The highest BCUT2D eigenvalue weighted by atomic mass is 32.2. The van der Waals surface area contributed by atoms with E-state index in [1.165, 1.54) is 0 Å². The highest BCUT2D eigenvalue weighted by molar-refractivity contribution is 7.99. The summed E-state index contributed by atoms with van der Waals surface area (Å²) in [6, 6.07) is 7.89. The Labute approximate surface area is 107 Å². The van der Waals surface area contributed by atoms with Crippen LogP contribution >= 0.6 is 11.8 Å². The average Bonchev–Trinajstić information content (AvgIpc) is 2.26. The van der Waals surface area contributed by atoms with Crippen LogP contribution in [0, 0.1) is 0 Å². The topological polar surface area (TPSA) is 46.3 Å². The van der Waals surface area contributed by atoms with Crippen LogP contribution in [0.15, 0.2) is 24.3 Å². The van der Waals surface area contributed by atoms with Crippen LogP contribution in [0.3, 0.4) is 0 Å². The SMILES string of the molecule is CSCC(=O)N(Cc1cccc(N)c1)C(C)C. The van der Waals surface area contributed by atoms with Crippen LogP contribution in [0.4, 0.5) is 5.69 Å². The summed E-state index contributed by atoms with van der Waals surface area (Å²) in [6.45, 7) is 4.69. The third-order valence-electron chi connectivity index (χ3n) is 2.52. The second-order valence-corrected chi connectivity index (χ2v) is 5.16.